The number of likely N-dealkylation sites (tertiary alicyclic amines) is 1. The summed E-state index contributed by atoms with van der Waals surface area (Å²) in [6, 6.07) is 0.273. The van der Waals surface area contributed by atoms with Gasteiger partial charge in [0.25, 0.3) is 0 Å². The average molecular weight is 242 g/mol. The Kier molecular flexibility index (Phi) is 5.41. The van der Waals surface area contributed by atoms with Crippen molar-refractivity contribution in [2.75, 3.05) is 13.1 Å². The molecular formula is C12H22N2O3. The fourth-order valence-electron chi connectivity index (χ4n) is 2.19. The van der Waals surface area contributed by atoms with E-state index >= 15 is 0 Å². The van der Waals surface area contributed by atoms with Gasteiger partial charge in [-0.2, -0.15) is 0 Å². The lowest BCUT2D eigenvalue weighted by atomic mass is 10.1. The lowest BCUT2D eigenvalue weighted by molar-refractivity contribution is -0.139. The van der Waals surface area contributed by atoms with Crippen LogP contribution in [0.2, 0.25) is 0 Å². The van der Waals surface area contributed by atoms with E-state index in [1.54, 1.807) is 4.90 Å². The Balaban J connectivity index is 2.36. The first-order valence-corrected chi connectivity index (χ1v) is 6.25. The zero-order valence-electron chi connectivity index (χ0n) is 10.6. The molecule has 0 radical (unpaired) electrons. The molecule has 98 valence electrons. The molecule has 1 saturated heterocycles. The number of nitrogens with one attached hydrogen (secondary N) is 1. The molecule has 1 atom stereocenters. The minimum absolute atomic E-state index is 0.0712. The molecule has 1 unspecified atom stereocenters. The predicted octanol–water partition coefficient (Wildman–Crippen LogP) is 0.840. The molecule has 1 amide bonds. The second kappa shape index (κ2) is 6.59. The normalized spacial score (nSPS) is 19.9. The zero-order chi connectivity index (χ0) is 12.8. The van der Waals surface area contributed by atoms with E-state index in [4.69, 9.17) is 5.11 Å². The number of amides is 1. The van der Waals surface area contributed by atoms with Gasteiger partial charge in [0, 0.05) is 31.6 Å². The van der Waals surface area contributed by atoms with Crippen molar-refractivity contribution < 1.29 is 14.7 Å². The Morgan fingerprint density at radius 3 is 2.76 bits per heavy atom. The third kappa shape index (κ3) is 4.73. The number of nitrogens with zero attached hydrogens (tertiary/aromatic N) is 1. The number of hydrogen-bond donors (Lipinski definition) is 2. The predicted molar refractivity (Wildman–Crippen MR) is 64.7 cm³/mol. The molecule has 1 heterocycles. The lowest BCUT2D eigenvalue weighted by Crippen LogP contribution is -2.38. The summed E-state index contributed by atoms with van der Waals surface area (Å²) >= 11 is 0. The van der Waals surface area contributed by atoms with Gasteiger partial charge in [-0.05, 0) is 12.8 Å². The highest BCUT2D eigenvalue weighted by molar-refractivity contribution is 5.78. The average Bonchev–Trinajstić information content (AvgIpc) is 2.64. The topological polar surface area (TPSA) is 69.6 Å². The first-order chi connectivity index (χ1) is 8.00. The highest BCUT2D eigenvalue weighted by Gasteiger charge is 2.29. The minimum atomic E-state index is -0.824. The Morgan fingerprint density at radius 2 is 2.18 bits per heavy atom. The van der Waals surface area contributed by atoms with Gasteiger partial charge >= 0.3 is 5.97 Å². The molecule has 0 bridgehead atoms. The van der Waals surface area contributed by atoms with E-state index in [1.807, 2.05) is 13.8 Å². The van der Waals surface area contributed by atoms with Gasteiger partial charge in [0.1, 0.15) is 0 Å². The summed E-state index contributed by atoms with van der Waals surface area (Å²) in [6.07, 6.45) is 2.26. The first kappa shape index (κ1) is 14.0. The number of carboxylic acids is 1. The highest BCUT2D eigenvalue weighted by Crippen LogP contribution is 2.20. The number of rotatable bonds is 6. The monoisotopic (exact) mass is 242 g/mol. The van der Waals surface area contributed by atoms with Crippen molar-refractivity contribution in [3.05, 3.63) is 0 Å². The third-order valence-corrected chi connectivity index (χ3v) is 3.00. The van der Waals surface area contributed by atoms with Crippen LogP contribution >= 0.6 is 0 Å². The van der Waals surface area contributed by atoms with Crippen molar-refractivity contribution in [2.45, 2.75) is 51.6 Å². The van der Waals surface area contributed by atoms with Crippen LogP contribution < -0.4 is 5.32 Å². The van der Waals surface area contributed by atoms with Gasteiger partial charge in [0.05, 0.1) is 6.42 Å². The van der Waals surface area contributed by atoms with E-state index in [-0.39, 0.29) is 18.4 Å². The van der Waals surface area contributed by atoms with Crippen LogP contribution in [-0.2, 0) is 9.59 Å². The van der Waals surface area contributed by atoms with Crippen LogP contribution in [0, 0.1) is 0 Å². The quantitative estimate of drug-likeness (QED) is 0.724. The SMILES string of the molecule is CC(C)NCCC(=O)N1CCCC1CC(=O)O. The van der Waals surface area contributed by atoms with Gasteiger partial charge in [-0.1, -0.05) is 13.8 Å². The molecule has 1 rings (SSSR count). The van der Waals surface area contributed by atoms with Gasteiger partial charge in [0.2, 0.25) is 5.91 Å². The largest absolute Gasteiger partial charge is 0.481 e. The highest BCUT2D eigenvalue weighted by atomic mass is 16.4. The molecule has 2 N–H and O–H groups in total. The van der Waals surface area contributed by atoms with E-state index in [9.17, 15) is 9.59 Å². The van der Waals surface area contributed by atoms with Gasteiger partial charge in [-0.15, -0.1) is 0 Å². The molecule has 0 aliphatic carbocycles. The summed E-state index contributed by atoms with van der Waals surface area (Å²) in [6.45, 7) is 5.44. The van der Waals surface area contributed by atoms with E-state index in [2.05, 4.69) is 5.32 Å². The molecule has 0 aromatic carbocycles. The summed E-state index contributed by atoms with van der Waals surface area (Å²) in [5.41, 5.74) is 0. The number of carboxylic acid groups (broad SMARTS) is 1. The van der Waals surface area contributed by atoms with Crippen LogP contribution in [0.15, 0.2) is 0 Å². The molecule has 17 heavy (non-hydrogen) atoms. The number of hydrogen-bond acceptors (Lipinski definition) is 3. The van der Waals surface area contributed by atoms with Gasteiger partial charge in [0.15, 0.2) is 0 Å². The van der Waals surface area contributed by atoms with Crippen LogP contribution in [0.3, 0.4) is 0 Å². The Hall–Kier alpha value is -1.10. The van der Waals surface area contributed by atoms with Crippen molar-refractivity contribution in [3.8, 4) is 0 Å². The Labute approximate surface area is 102 Å². The van der Waals surface area contributed by atoms with Crippen LogP contribution in [0.5, 0.6) is 0 Å². The van der Waals surface area contributed by atoms with Crippen molar-refractivity contribution in [1.82, 2.24) is 10.2 Å². The maximum absolute atomic E-state index is 11.9. The fourth-order valence-corrected chi connectivity index (χ4v) is 2.19. The molecule has 5 heteroatoms. The van der Waals surface area contributed by atoms with E-state index in [1.165, 1.54) is 0 Å². The van der Waals surface area contributed by atoms with Gasteiger partial charge < -0.3 is 15.3 Å². The second-order valence-corrected chi connectivity index (χ2v) is 4.84. The molecule has 1 aliphatic rings. The molecule has 0 aromatic heterocycles. The van der Waals surface area contributed by atoms with E-state index < -0.39 is 5.97 Å². The number of carbonyl (C=O) groups is 2. The molecular weight excluding hydrogens is 220 g/mol. The summed E-state index contributed by atoms with van der Waals surface area (Å²) in [4.78, 5) is 24.3. The molecule has 0 spiro atoms. The summed E-state index contributed by atoms with van der Waals surface area (Å²) < 4.78 is 0. The van der Waals surface area contributed by atoms with Crippen molar-refractivity contribution in [1.29, 1.82) is 0 Å². The Bertz CT molecular complexity index is 279. The second-order valence-electron chi connectivity index (χ2n) is 4.84. The third-order valence-electron chi connectivity index (χ3n) is 3.00. The summed E-state index contributed by atoms with van der Waals surface area (Å²) in [7, 11) is 0. The minimum Gasteiger partial charge on any atom is -0.481 e. The molecule has 1 fully saturated rings. The van der Waals surface area contributed by atoms with Gasteiger partial charge in [-0.25, -0.2) is 0 Å². The first-order valence-electron chi connectivity index (χ1n) is 6.25. The molecule has 1 aliphatic heterocycles. The molecule has 5 nitrogen and oxygen atoms in total. The lowest BCUT2D eigenvalue weighted by Gasteiger charge is -2.23. The molecule has 0 saturated carbocycles. The van der Waals surface area contributed by atoms with Crippen LogP contribution in [-0.4, -0.2) is 47.1 Å². The summed E-state index contributed by atoms with van der Waals surface area (Å²) in [5.74, 6) is -0.753. The summed E-state index contributed by atoms with van der Waals surface area (Å²) in [5, 5.41) is 12.0. The van der Waals surface area contributed by atoms with Crippen molar-refractivity contribution in [3.63, 3.8) is 0 Å². The van der Waals surface area contributed by atoms with Gasteiger partial charge in [-0.3, -0.25) is 9.59 Å². The van der Waals surface area contributed by atoms with Crippen LogP contribution in [0.4, 0.5) is 0 Å². The number of aliphatic carboxylic acids is 1. The maximum atomic E-state index is 11.9. The van der Waals surface area contributed by atoms with Crippen LogP contribution in [0.1, 0.15) is 39.5 Å². The van der Waals surface area contributed by atoms with Crippen molar-refractivity contribution in [2.24, 2.45) is 0 Å². The number of carbonyl (C=O) groups excluding carboxylic acids is 1. The maximum Gasteiger partial charge on any atom is 0.305 e. The smallest absolute Gasteiger partial charge is 0.305 e. The Morgan fingerprint density at radius 1 is 1.47 bits per heavy atom. The molecule has 0 aromatic rings. The van der Waals surface area contributed by atoms with Crippen LogP contribution in [0.25, 0.3) is 0 Å². The zero-order valence-corrected chi connectivity index (χ0v) is 10.6. The van der Waals surface area contributed by atoms with E-state index in [0.717, 1.165) is 12.8 Å². The van der Waals surface area contributed by atoms with E-state index in [0.29, 0.717) is 25.6 Å². The fraction of sp³-hybridized carbons (Fsp3) is 0.833. The van der Waals surface area contributed by atoms with Crippen molar-refractivity contribution >= 4 is 11.9 Å². The standard InChI is InChI=1S/C12H22N2O3/c1-9(2)13-6-5-11(15)14-7-3-4-10(14)8-12(16)17/h9-10,13H,3-8H2,1-2H3,(H,16,17).